The van der Waals surface area contributed by atoms with Gasteiger partial charge < -0.3 is 10.2 Å². The second-order valence-electron chi connectivity index (χ2n) is 3.14. The SMILES string of the molecule is CSCCN(C)C(=O)NC1CC1. The van der Waals surface area contributed by atoms with Gasteiger partial charge in [0.2, 0.25) is 0 Å². The number of hydrogen-bond donors (Lipinski definition) is 1. The molecule has 1 fully saturated rings. The van der Waals surface area contributed by atoms with Gasteiger partial charge in [-0.2, -0.15) is 11.8 Å². The molecule has 0 aromatic carbocycles. The van der Waals surface area contributed by atoms with Crippen LogP contribution in [0.4, 0.5) is 4.79 Å². The normalized spacial score (nSPS) is 15.8. The fourth-order valence-electron chi connectivity index (χ4n) is 0.842. The molecule has 1 aliphatic rings. The quantitative estimate of drug-likeness (QED) is 0.718. The highest BCUT2D eigenvalue weighted by Crippen LogP contribution is 2.18. The zero-order chi connectivity index (χ0) is 8.97. The summed E-state index contributed by atoms with van der Waals surface area (Å²) in [6.45, 7) is 0.833. The first-order valence-electron chi connectivity index (χ1n) is 4.24. The zero-order valence-corrected chi connectivity index (χ0v) is 8.49. The Balaban J connectivity index is 2.11. The fraction of sp³-hybridized carbons (Fsp3) is 0.875. The summed E-state index contributed by atoms with van der Waals surface area (Å²) < 4.78 is 0. The summed E-state index contributed by atoms with van der Waals surface area (Å²) >= 11 is 1.76. The minimum Gasteiger partial charge on any atom is -0.335 e. The molecule has 0 aromatic heterocycles. The average molecular weight is 188 g/mol. The van der Waals surface area contributed by atoms with E-state index in [0.717, 1.165) is 25.1 Å². The standard InChI is InChI=1S/C8H16N2OS/c1-10(5-6-12-2)8(11)9-7-3-4-7/h7H,3-6H2,1-2H3,(H,9,11). The Morgan fingerprint density at radius 3 is 2.83 bits per heavy atom. The van der Waals surface area contributed by atoms with Crippen LogP contribution >= 0.6 is 11.8 Å². The van der Waals surface area contributed by atoms with Gasteiger partial charge in [0.05, 0.1) is 0 Å². The lowest BCUT2D eigenvalue weighted by Crippen LogP contribution is -2.39. The van der Waals surface area contributed by atoms with Crippen LogP contribution in [0.25, 0.3) is 0 Å². The molecule has 3 nitrogen and oxygen atoms in total. The maximum Gasteiger partial charge on any atom is 0.317 e. The summed E-state index contributed by atoms with van der Waals surface area (Å²) in [5.41, 5.74) is 0. The van der Waals surface area contributed by atoms with Crippen LogP contribution in [0, 0.1) is 0 Å². The Kier molecular flexibility index (Phi) is 3.72. The molecule has 0 aliphatic heterocycles. The van der Waals surface area contributed by atoms with Crippen molar-refractivity contribution in [1.29, 1.82) is 0 Å². The molecule has 0 aromatic rings. The van der Waals surface area contributed by atoms with E-state index in [-0.39, 0.29) is 6.03 Å². The number of carbonyl (C=O) groups is 1. The van der Waals surface area contributed by atoms with E-state index in [1.54, 1.807) is 16.7 Å². The lowest BCUT2D eigenvalue weighted by molar-refractivity contribution is 0.211. The number of rotatable bonds is 4. The minimum absolute atomic E-state index is 0.0755. The van der Waals surface area contributed by atoms with Crippen molar-refractivity contribution in [2.24, 2.45) is 0 Å². The summed E-state index contributed by atoms with van der Waals surface area (Å²) in [5, 5.41) is 2.94. The molecule has 4 heteroatoms. The molecular weight excluding hydrogens is 172 g/mol. The predicted molar refractivity (Wildman–Crippen MR) is 52.6 cm³/mol. The van der Waals surface area contributed by atoms with Crippen molar-refractivity contribution >= 4 is 17.8 Å². The fourth-order valence-corrected chi connectivity index (χ4v) is 1.30. The van der Waals surface area contributed by atoms with Crippen LogP contribution in [-0.4, -0.2) is 42.6 Å². The van der Waals surface area contributed by atoms with Gasteiger partial charge in [0, 0.05) is 25.4 Å². The van der Waals surface area contributed by atoms with E-state index >= 15 is 0 Å². The third-order valence-electron chi connectivity index (χ3n) is 1.88. The Hall–Kier alpha value is -0.380. The summed E-state index contributed by atoms with van der Waals surface area (Å²) in [5.74, 6) is 1.01. The number of carbonyl (C=O) groups excluding carboxylic acids is 1. The van der Waals surface area contributed by atoms with Gasteiger partial charge in [-0.3, -0.25) is 0 Å². The van der Waals surface area contributed by atoms with Crippen LogP contribution < -0.4 is 5.32 Å². The molecule has 1 rings (SSSR count). The van der Waals surface area contributed by atoms with E-state index in [1.165, 1.54) is 0 Å². The average Bonchev–Trinajstić information content (AvgIpc) is 2.83. The smallest absolute Gasteiger partial charge is 0.317 e. The molecule has 0 saturated heterocycles. The summed E-state index contributed by atoms with van der Waals surface area (Å²) in [6, 6.07) is 0.542. The maximum atomic E-state index is 11.3. The third kappa shape index (κ3) is 3.34. The van der Waals surface area contributed by atoms with Crippen molar-refractivity contribution in [3.8, 4) is 0 Å². The van der Waals surface area contributed by atoms with Crippen molar-refractivity contribution in [2.45, 2.75) is 18.9 Å². The first-order valence-corrected chi connectivity index (χ1v) is 5.64. The molecule has 0 unspecified atom stereocenters. The molecule has 12 heavy (non-hydrogen) atoms. The van der Waals surface area contributed by atoms with Crippen LogP contribution in [-0.2, 0) is 0 Å². The molecular formula is C8H16N2OS. The lowest BCUT2D eigenvalue weighted by Gasteiger charge is -2.16. The van der Waals surface area contributed by atoms with Crippen LogP contribution in [0.5, 0.6) is 0 Å². The van der Waals surface area contributed by atoms with Crippen LogP contribution in [0.2, 0.25) is 0 Å². The van der Waals surface area contributed by atoms with Gasteiger partial charge in [-0.05, 0) is 19.1 Å². The Labute approximate surface area is 77.9 Å². The van der Waals surface area contributed by atoms with Gasteiger partial charge in [0.15, 0.2) is 0 Å². The molecule has 70 valence electrons. The second-order valence-corrected chi connectivity index (χ2v) is 4.12. The van der Waals surface area contributed by atoms with Crippen LogP contribution in [0.3, 0.4) is 0 Å². The van der Waals surface area contributed by atoms with Gasteiger partial charge in [-0.1, -0.05) is 0 Å². The van der Waals surface area contributed by atoms with Crippen molar-refractivity contribution in [3.63, 3.8) is 0 Å². The second kappa shape index (κ2) is 4.60. The monoisotopic (exact) mass is 188 g/mol. The van der Waals surface area contributed by atoms with Gasteiger partial charge in [0.1, 0.15) is 0 Å². The molecule has 0 atom stereocenters. The van der Waals surface area contributed by atoms with E-state index < -0.39 is 0 Å². The van der Waals surface area contributed by atoms with Gasteiger partial charge in [-0.25, -0.2) is 4.79 Å². The highest BCUT2D eigenvalue weighted by atomic mass is 32.2. The lowest BCUT2D eigenvalue weighted by atomic mass is 10.6. The van der Waals surface area contributed by atoms with E-state index in [2.05, 4.69) is 5.32 Å². The third-order valence-corrected chi connectivity index (χ3v) is 2.47. The molecule has 1 saturated carbocycles. The van der Waals surface area contributed by atoms with Gasteiger partial charge >= 0.3 is 6.03 Å². The summed E-state index contributed by atoms with van der Waals surface area (Å²) in [7, 11) is 1.84. The molecule has 0 bridgehead atoms. The van der Waals surface area contributed by atoms with Crippen molar-refractivity contribution < 1.29 is 4.79 Å². The summed E-state index contributed by atoms with van der Waals surface area (Å²) in [4.78, 5) is 13.0. The first-order chi connectivity index (χ1) is 5.74. The van der Waals surface area contributed by atoms with Gasteiger partial charge in [0.25, 0.3) is 0 Å². The number of nitrogens with zero attached hydrogens (tertiary/aromatic N) is 1. The van der Waals surface area contributed by atoms with Crippen molar-refractivity contribution in [3.05, 3.63) is 0 Å². The molecule has 0 radical (unpaired) electrons. The molecule has 0 spiro atoms. The number of urea groups is 1. The van der Waals surface area contributed by atoms with E-state index in [4.69, 9.17) is 0 Å². The Morgan fingerprint density at radius 1 is 1.67 bits per heavy atom. The molecule has 2 amide bonds. The highest BCUT2D eigenvalue weighted by Gasteiger charge is 2.24. The number of nitrogens with one attached hydrogen (secondary N) is 1. The van der Waals surface area contributed by atoms with Crippen molar-refractivity contribution in [2.75, 3.05) is 25.6 Å². The van der Waals surface area contributed by atoms with Gasteiger partial charge in [-0.15, -0.1) is 0 Å². The predicted octanol–water partition coefficient (Wildman–Crippen LogP) is 1.15. The topological polar surface area (TPSA) is 32.3 Å². The Morgan fingerprint density at radius 2 is 2.33 bits per heavy atom. The van der Waals surface area contributed by atoms with E-state index in [9.17, 15) is 4.79 Å². The van der Waals surface area contributed by atoms with Crippen LogP contribution in [0.1, 0.15) is 12.8 Å². The molecule has 0 heterocycles. The number of hydrogen-bond acceptors (Lipinski definition) is 2. The van der Waals surface area contributed by atoms with Crippen LogP contribution in [0.15, 0.2) is 0 Å². The number of thioether (sulfide) groups is 1. The molecule has 1 aliphatic carbocycles. The summed E-state index contributed by atoms with van der Waals surface area (Å²) in [6.07, 6.45) is 4.36. The van der Waals surface area contributed by atoms with E-state index in [0.29, 0.717) is 6.04 Å². The minimum atomic E-state index is 0.0755. The Bertz CT molecular complexity index is 159. The first kappa shape index (κ1) is 9.71. The highest BCUT2D eigenvalue weighted by molar-refractivity contribution is 7.98. The van der Waals surface area contributed by atoms with E-state index in [1.807, 2.05) is 13.3 Å². The maximum absolute atomic E-state index is 11.3. The largest absolute Gasteiger partial charge is 0.335 e. The molecule has 1 N–H and O–H groups in total. The van der Waals surface area contributed by atoms with Crippen molar-refractivity contribution in [1.82, 2.24) is 10.2 Å². The zero-order valence-electron chi connectivity index (χ0n) is 7.67. The number of amides is 2.